The van der Waals surface area contributed by atoms with Crippen molar-refractivity contribution in [3.05, 3.63) is 20.8 Å². The van der Waals surface area contributed by atoms with Crippen molar-refractivity contribution in [1.82, 2.24) is 14.9 Å². The minimum atomic E-state index is -0.279. The predicted octanol–water partition coefficient (Wildman–Crippen LogP) is 3.91. The van der Waals surface area contributed by atoms with Crippen molar-refractivity contribution in [1.29, 1.82) is 0 Å². The molecule has 0 saturated heterocycles. The van der Waals surface area contributed by atoms with Gasteiger partial charge in [0.25, 0.3) is 5.56 Å². The van der Waals surface area contributed by atoms with E-state index >= 15 is 0 Å². The molecule has 5 rings (SSSR count). The molecule has 3 aliphatic carbocycles. The lowest BCUT2D eigenvalue weighted by Crippen LogP contribution is -2.43. The van der Waals surface area contributed by atoms with Gasteiger partial charge in [0, 0.05) is 18.0 Å². The second kappa shape index (κ2) is 7.41. The molecule has 2 bridgehead atoms. The highest BCUT2D eigenvalue weighted by Crippen LogP contribution is 2.49. The third-order valence-electron chi connectivity index (χ3n) is 7.36. The van der Waals surface area contributed by atoms with E-state index in [4.69, 9.17) is 4.98 Å². The molecule has 1 N–H and O–H groups in total. The summed E-state index contributed by atoms with van der Waals surface area (Å²) in [6.07, 6.45) is 8.50. The van der Waals surface area contributed by atoms with Crippen molar-refractivity contribution in [3.63, 3.8) is 0 Å². The van der Waals surface area contributed by atoms with Gasteiger partial charge in [0.05, 0.1) is 10.6 Å². The van der Waals surface area contributed by atoms with Gasteiger partial charge in [0.2, 0.25) is 5.91 Å². The number of nitrogens with one attached hydrogen (secondary N) is 1. The highest BCUT2D eigenvalue weighted by atomic mass is 32.2. The van der Waals surface area contributed by atoms with Gasteiger partial charge in [-0.3, -0.25) is 14.2 Å². The smallest absolute Gasteiger partial charge is 0.262 e. The topological polar surface area (TPSA) is 64.0 Å². The van der Waals surface area contributed by atoms with E-state index in [1.165, 1.54) is 47.9 Å². The van der Waals surface area contributed by atoms with Crippen LogP contribution in [0, 0.1) is 17.8 Å². The Hall–Kier alpha value is -1.34. The van der Waals surface area contributed by atoms with Crippen molar-refractivity contribution in [2.24, 2.45) is 24.8 Å². The van der Waals surface area contributed by atoms with Crippen molar-refractivity contribution < 1.29 is 4.79 Å². The summed E-state index contributed by atoms with van der Waals surface area (Å²) in [5.41, 5.74) is 1.24. The molecule has 0 radical (unpaired) electrons. The Kier molecular flexibility index (Phi) is 5.01. The van der Waals surface area contributed by atoms with Crippen LogP contribution in [0.4, 0.5) is 0 Å². The Balaban J connectivity index is 1.30. The molecule has 5 nitrogen and oxygen atoms in total. The van der Waals surface area contributed by atoms with Gasteiger partial charge >= 0.3 is 0 Å². The molecule has 156 valence electrons. The van der Waals surface area contributed by atoms with Gasteiger partial charge in [-0.2, -0.15) is 0 Å². The van der Waals surface area contributed by atoms with Crippen LogP contribution in [0.5, 0.6) is 0 Å². The van der Waals surface area contributed by atoms with Gasteiger partial charge in [-0.25, -0.2) is 4.98 Å². The first-order valence-corrected chi connectivity index (χ1v) is 12.6. The fraction of sp³-hybridized carbons (Fsp3) is 0.682. The standard InChI is InChI=1S/C22H29N3O2S2/c1-11(16-10-13-7-8-14(16)9-13)23-19(26)12(2)28-22-24-20-18(21(27)25(22)3)15-5-4-6-17(15)29-20/h11-14,16H,4-10H2,1-3H3,(H,23,26). The molecule has 0 aromatic carbocycles. The van der Waals surface area contributed by atoms with Crippen molar-refractivity contribution >= 4 is 39.2 Å². The molecule has 2 saturated carbocycles. The third kappa shape index (κ3) is 3.34. The highest BCUT2D eigenvalue weighted by molar-refractivity contribution is 8.00. The van der Waals surface area contributed by atoms with Crippen LogP contribution < -0.4 is 10.9 Å². The molecule has 2 aromatic rings. The Bertz CT molecular complexity index is 1030. The van der Waals surface area contributed by atoms with Crippen LogP contribution in [-0.4, -0.2) is 26.8 Å². The minimum absolute atomic E-state index is 0.0276. The number of hydrogen-bond donors (Lipinski definition) is 1. The first kappa shape index (κ1) is 19.6. The monoisotopic (exact) mass is 431 g/mol. The van der Waals surface area contributed by atoms with Crippen LogP contribution in [-0.2, 0) is 24.7 Å². The average Bonchev–Trinajstić information content (AvgIpc) is 3.45. The van der Waals surface area contributed by atoms with E-state index in [2.05, 4.69) is 12.2 Å². The fourth-order valence-electron chi connectivity index (χ4n) is 5.78. The number of carbonyl (C=O) groups excluding carboxylic acids is 1. The number of thioether (sulfide) groups is 1. The van der Waals surface area contributed by atoms with E-state index in [0.717, 1.165) is 41.3 Å². The number of hydrogen-bond acceptors (Lipinski definition) is 5. The molecule has 0 spiro atoms. The molecule has 7 heteroatoms. The largest absolute Gasteiger partial charge is 0.352 e. The van der Waals surface area contributed by atoms with E-state index < -0.39 is 0 Å². The van der Waals surface area contributed by atoms with E-state index in [1.54, 1.807) is 23.0 Å². The second-order valence-electron chi connectivity index (χ2n) is 9.19. The maximum Gasteiger partial charge on any atom is 0.262 e. The first-order valence-electron chi connectivity index (χ1n) is 10.9. The van der Waals surface area contributed by atoms with Crippen LogP contribution in [0.15, 0.2) is 9.95 Å². The van der Waals surface area contributed by atoms with Crippen LogP contribution in [0.2, 0.25) is 0 Å². The molecule has 2 aromatic heterocycles. The lowest BCUT2D eigenvalue weighted by molar-refractivity contribution is -0.121. The number of carbonyl (C=O) groups is 1. The predicted molar refractivity (Wildman–Crippen MR) is 119 cm³/mol. The summed E-state index contributed by atoms with van der Waals surface area (Å²) < 4.78 is 1.63. The van der Waals surface area contributed by atoms with Crippen molar-refractivity contribution in [2.75, 3.05) is 0 Å². The number of thiophene rings is 1. The van der Waals surface area contributed by atoms with E-state index in [1.807, 2.05) is 6.92 Å². The lowest BCUT2D eigenvalue weighted by atomic mass is 9.84. The molecule has 2 heterocycles. The van der Waals surface area contributed by atoms with Gasteiger partial charge < -0.3 is 5.32 Å². The Labute approximate surface area is 179 Å². The number of amides is 1. The van der Waals surface area contributed by atoms with E-state index in [0.29, 0.717) is 11.1 Å². The fourth-order valence-corrected chi connectivity index (χ4v) is 7.96. The molecule has 2 fully saturated rings. The lowest BCUT2D eigenvalue weighted by Gasteiger charge is -2.29. The van der Waals surface area contributed by atoms with Crippen LogP contribution in [0.25, 0.3) is 10.2 Å². The molecule has 5 atom stereocenters. The summed E-state index contributed by atoms with van der Waals surface area (Å²) in [6.45, 7) is 4.08. The quantitative estimate of drug-likeness (QED) is 0.576. The Morgan fingerprint density at radius 3 is 2.83 bits per heavy atom. The van der Waals surface area contributed by atoms with Gasteiger partial charge in [0.1, 0.15) is 4.83 Å². The van der Waals surface area contributed by atoms with E-state index in [9.17, 15) is 9.59 Å². The molecule has 1 amide bonds. The van der Waals surface area contributed by atoms with E-state index in [-0.39, 0.29) is 22.8 Å². The molecule has 3 aliphatic rings. The minimum Gasteiger partial charge on any atom is -0.352 e. The average molecular weight is 432 g/mol. The van der Waals surface area contributed by atoms with Gasteiger partial charge in [0.15, 0.2) is 5.16 Å². The summed E-state index contributed by atoms with van der Waals surface area (Å²) in [6, 6.07) is 0.223. The number of fused-ring (bicyclic) bond motifs is 5. The zero-order valence-electron chi connectivity index (χ0n) is 17.4. The second-order valence-corrected chi connectivity index (χ2v) is 11.6. The number of nitrogens with zero attached hydrogens (tertiary/aromatic N) is 2. The normalized spacial score (nSPS) is 27.3. The molecule has 0 aliphatic heterocycles. The van der Waals surface area contributed by atoms with Gasteiger partial charge in [-0.15, -0.1) is 11.3 Å². The Morgan fingerprint density at radius 2 is 2.10 bits per heavy atom. The third-order valence-corrected chi connectivity index (χ3v) is 9.69. The maximum absolute atomic E-state index is 13.0. The van der Waals surface area contributed by atoms with Gasteiger partial charge in [-0.1, -0.05) is 18.2 Å². The van der Waals surface area contributed by atoms with Crippen LogP contribution in [0.1, 0.15) is 56.4 Å². The van der Waals surface area contributed by atoms with Gasteiger partial charge in [-0.05, 0) is 75.7 Å². The zero-order valence-corrected chi connectivity index (χ0v) is 19.0. The highest BCUT2D eigenvalue weighted by Gasteiger charge is 2.42. The summed E-state index contributed by atoms with van der Waals surface area (Å²) >= 11 is 3.05. The van der Waals surface area contributed by atoms with Crippen LogP contribution >= 0.6 is 23.1 Å². The molecular weight excluding hydrogens is 402 g/mol. The summed E-state index contributed by atoms with van der Waals surface area (Å²) in [7, 11) is 1.78. The SMILES string of the molecule is CC(Sc1nc2sc3c(c2c(=O)n1C)CCC3)C(=O)NC(C)C1CC2CCC1C2. The first-order chi connectivity index (χ1) is 13.9. The molecule has 5 unspecified atom stereocenters. The molecular formula is C22H29N3O2S2. The summed E-state index contributed by atoms with van der Waals surface area (Å²) in [5, 5.41) is 4.42. The Morgan fingerprint density at radius 1 is 1.28 bits per heavy atom. The number of aryl methyl sites for hydroxylation is 2. The number of aromatic nitrogens is 2. The van der Waals surface area contributed by atoms with Crippen LogP contribution in [0.3, 0.4) is 0 Å². The number of rotatable bonds is 5. The zero-order chi connectivity index (χ0) is 20.3. The van der Waals surface area contributed by atoms with Crippen molar-refractivity contribution in [3.8, 4) is 0 Å². The van der Waals surface area contributed by atoms with Crippen molar-refractivity contribution in [2.45, 2.75) is 75.2 Å². The summed E-state index contributed by atoms with van der Waals surface area (Å²) in [4.78, 5) is 32.7. The maximum atomic E-state index is 13.0. The summed E-state index contributed by atoms with van der Waals surface area (Å²) in [5.74, 6) is 2.36. The molecule has 29 heavy (non-hydrogen) atoms.